The van der Waals surface area contributed by atoms with Gasteiger partial charge in [0.25, 0.3) is 0 Å². The molecule has 2 rings (SSSR count). The Morgan fingerprint density at radius 2 is 1.65 bits per heavy atom. The Hall–Kier alpha value is 0.150. The van der Waals surface area contributed by atoms with Gasteiger partial charge < -0.3 is 9.05 Å². The minimum atomic E-state index is -2.99. The van der Waals surface area contributed by atoms with E-state index in [1.165, 1.54) is 6.42 Å². The highest BCUT2D eigenvalue weighted by Crippen LogP contribution is 2.75. The summed E-state index contributed by atoms with van der Waals surface area (Å²) >= 11 is 0. The molecule has 0 saturated heterocycles. The van der Waals surface area contributed by atoms with E-state index in [1.54, 1.807) is 0 Å². The number of hydrogen-bond donors (Lipinski definition) is 0. The smallest absolute Gasteiger partial charge is 0.308 e. The van der Waals surface area contributed by atoms with Crippen LogP contribution in [0.4, 0.5) is 0 Å². The lowest BCUT2D eigenvalue weighted by Gasteiger charge is -2.41. The molecule has 2 saturated carbocycles. The van der Waals surface area contributed by atoms with Crippen LogP contribution in [0, 0.1) is 16.7 Å². The van der Waals surface area contributed by atoms with Gasteiger partial charge in [-0.25, -0.2) is 0 Å². The van der Waals surface area contributed by atoms with Crippen LogP contribution in [0.15, 0.2) is 0 Å². The first-order valence-electron chi connectivity index (χ1n) is 8.20. The molecule has 118 valence electrons. The zero-order valence-electron chi connectivity index (χ0n) is 13.8. The van der Waals surface area contributed by atoms with Crippen molar-refractivity contribution in [2.75, 3.05) is 13.2 Å². The maximum Gasteiger partial charge on any atom is 0.334 e. The van der Waals surface area contributed by atoms with Gasteiger partial charge in [0.15, 0.2) is 0 Å². The summed E-state index contributed by atoms with van der Waals surface area (Å²) in [5.41, 5.74) is 0.425. The maximum absolute atomic E-state index is 13.4. The molecule has 2 fully saturated rings. The van der Waals surface area contributed by atoms with Crippen LogP contribution in [-0.4, -0.2) is 18.9 Å². The van der Waals surface area contributed by atoms with Crippen molar-refractivity contribution in [2.24, 2.45) is 16.7 Å². The van der Waals surface area contributed by atoms with Crippen LogP contribution in [0.3, 0.4) is 0 Å². The molecule has 0 aromatic rings. The highest BCUT2D eigenvalue weighted by molar-refractivity contribution is 7.54. The fraction of sp³-hybridized carbons (Fsp3) is 1.00. The fourth-order valence-electron chi connectivity index (χ4n) is 4.29. The lowest BCUT2D eigenvalue weighted by molar-refractivity contribution is 0.128. The van der Waals surface area contributed by atoms with Crippen molar-refractivity contribution >= 4 is 7.60 Å². The summed E-state index contributed by atoms with van der Waals surface area (Å²) in [5, 5.41) is 0. The summed E-state index contributed by atoms with van der Waals surface area (Å²) in [6.45, 7) is 12.2. The highest BCUT2D eigenvalue weighted by atomic mass is 31.2. The third-order valence-electron chi connectivity index (χ3n) is 6.08. The lowest BCUT2D eigenvalue weighted by atomic mass is 9.71. The summed E-state index contributed by atoms with van der Waals surface area (Å²) in [5.74, 6) is 0.668. The second kappa shape index (κ2) is 5.74. The quantitative estimate of drug-likeness (QED) is 0.603. The average Bonchev–Trinajstić information content (AvgIpc) is 2.75. The number of hydrogen-bond acceptors (Lipinski definition) is 3. The molecule has 0 amide bonds. The van der Waals surface area contributed by atoms with Crippen LogP contribution >= 0.6 is 7.60 Å². The van der Waals surface area contributed by atoms with E-state index in [0.717, 1.165) is 25.7 Å². The Labute approximate surface area is 124 Å². The molecule has 0 spiro atoms. The van der Waals surface area contributed by atoms with Crippen molar-refractivity contribution < 1.29 is 13.6 Å². The average molecular weight is 302 g/mol. The Kier molecular flexibility index (Phi) is 4.74. The molecule has 3 atom stereocenters. The number of fused-ring (bicyclic) bond motifs is 2. The predicted octanol–water partition coefficient (Wildman–Crippen LogP) is 5.25. The third kappa shape index (κ3) is 2.40. The fourth-order valence-corrected chi connectivity index (χ4v) is 7.27. The Morgan fingerprint density at radius 1 is 1.10 bits per heavy atom. The molecule has 0 aliphatic heterocycles. The normalized spacial score (nSPS) is 35.6. The maximum atomic E-state index is 13.4. The van der Waals surface area contributed by atoms with E-state index in [9.17, 15) is 4.57 Å². The standard InChI is InChI=1S/C16H31O3P/c1-6-10-18-20(17,19-11-7-2)14-12-13-8-9-16(14,5)15(13,3)4/h13-14H,6-12H2,1-5H3. The minimum Gasteiger partial charge on any atom is -0.308 e. The van der Waals surface area contributed by atoms with Crippen LogP contribution in [0.1, 0.15) is 66.7 Å². The molecule has 0 aromatic heterocycles. The topological polar surface area (TPSA) is 35.5 Å². The first kappa shape index (κ1) is 16.5. The molecule has 20 heavy (non-hydrogen) atoms. The van der Waals surface area contributed by atoms with E-state index in [0.29, 0.717) is 19.1 Å². The van der Waals surface area contributed by atoms with Crippen molar-refractivity contribution in [1.82, 2.24) is 0 Å². The molecule has 0 radical (unpaired) electrons. The molecule has 2 aliphatic carbocycles. The Morgan fingerprint density at radius 3 is 2.00 bits per heavy atom. The summed E-state index contributed by atoms with van der Waals surface area (Å²) in [7, 11) is -2.99. The minimum absolute atomic E-state index is 0.0850. The lowest BCUT2D eigenvalue weighted by Crippen LogP contribution is -2.36. The zero-order valence-corrected chi connectivity index (χ0v) is 14.7. The third-order valence-corrected chi connectivity index (χ3v) is 8.71. The van der Waals surface area contributed by atoms with Crippen molar-refractivity contribution in [3.63, 3.8) is 0 Å². The van der Waals surface area contributed by atoms with E-state index in [4.69, 9.17) is 9.05 Å². The van der Waals surface area contributed by atoms with Gasteiger partial charge in [0, 0.05) is 0 Å². The molecule has 0 N–H and O–H groups in total. The monoisotopic (exact) mass is 302 g/mol. The summed E-state index contributed by atoms with van der Waals surface area (Å²) in [6, 6.07) is 0. The van der Waals surface area contributed by atoms with E-state index < -0.39 is 7.60 Å². The molecular weight excluding hydrogens is 271 g/mol. The molecular formula is C16H31O3P. The van der Waals surface area contributed by atoms with Gasteiger partial charge >= 0.3 is 7.60 Å². The molecule has 4 heteroatoms. The van der Waals surface area contributed by atoms with Crippen LogP contribution < -0.4 is 0 Å². The molecule has 3 unspecified atom stereocenters. The van der Waals surface area contributed by atoms with Crippen molar-refractivity contribution in [3.8, 4) is 0 Å². The van der Waals surface area contributed by atoms with E-state index in [2.05, 4.69) is 34.6 Å². The van der Waals surface area contributed by atoms with Crippen LogP contribution in [0.5, 0.6) is 0 Å². The second-order valence-corrected chi connectivity index (χ2v) is 9.55. The first-order chi connectivity index (χ1) is 9.32. The summed E-state index contributed by atoms with van der Waals surface area (Å²) in [4.78, 5) is 0. The van der Waals surface area contributed by atoms with Gasteiger partial charge in [-0.1, -0.05) is 34.6 Å². The highest BCUT2D eigenvalue weighted by Gasteiger charge is 2.66. The van der Waals surface area contributed by atoms with Crippen LogP contribution in [0.25, 0.3) is 0 Å². The van der Waals surface area contributed by atoms with Crippen molar-refractivity contribution in [2.45, 2.75) is 72.4 Å². The zero-order chi connectivity index (χ0) is 15.0. The first-order valence-corrected chi connectivity index (χ1v) is 9.81. The summed E-state index contributed by atoms with van der Waals surface area (Å²) in [6.07, 6.45) is 5.20. The van der Waals surface area contributed by atoms with E-state index in [1.807, 2.05) is 0 Å². The van der Waals surface area contributed by atoms with Gasteiger partial charge in [0.1, 0.15) is 0 Å². The molecule has 0 aromatic carbocycles. The van der Waals surface area contributed by atoms with Gasteiger partial charge in [0.05, 0.1) is 18.9 Å². The van der Waals surface area contributed by atoms with Gasteiger partial charge in [-0.15, -0.1) is 0 Å². The number of rotatable bonds is 7. The molecule has 3 nitrogen and oxygen atoms in total. The van der Waals surface area contributed by atoms with Gasteiger partial charge in [-0.05, 0) is 48.9 Å². The van der Waals surface area contributed by atoms with E-state index >= 15 is 0 Å². The van der Waals surface area contributed by atoms with Crippen LogP contribution in [0.2, 0.25) is 0 Å². The second-order valence-electron chi connectivity index (χ2n) is 7.33. The molecule has 2 bridgehead atoms. The Balaban J connectivity index is 2.24. The van der Waals surface area contributed by atoms with Gasteiger partial charge in [-0.3, -0.25) is 4.57 Å². The van der Waals surface area contributed by atoms with Gasteiger partial charge in [0.2, 0.25) is 0 Å². The SMILES string of the molecule is CCCOP(=O)(OCCC)C1CC2CCC1(C)C2(C)C. The Bertz CT molecular complexity index is 381. The molecule has 2 aliphatic rings. The predicted molar refractivity (Wildman–Crippen MR) is 83.1 cm³/mol. The van der Waals surface area contributed by atoms with Gasteiger partial charge in [-0.2, -0.15) is 0 Å². The van der Waals surface area contributed by atoms with Crippen LogP contribution in [-0.2, 0) is 13.6 Å². The van der Waals surface area contributed by atoms with E-state index in [-0.39, 0.29) is 16.5 Å². The summed E-state index contributed by atoms with van der Waals surface area (Å²) < 4.78 is 25.0. The molecule has 0 heterocycles. The van der Waals surface area contributed by atoms with Crippen molar-refractivity contribution in [1.29, 1.82) is 0 Å². The van der Waals surface area contributed by atoms with Crippen molar-refractivity contribution in [3.05, 3.63) is 0 Å². The largest absolute Gasteiger partial charge is 0.334 e.